The number of rotatable bonds is 7. The molecule has 6 rings (SSSR count). The van der Waals surface area contributed by atoms with Gasteiger partial charge in [-0.15, -0.1) is 0 Å². The van der Waals surface area contributed by atoms with Gasteiger partial charge < -0.3 is 14.7 Å². The summed E-state index contributed by atoms with van der Waals surface area (Å²) in [6, 6.07) is 16.0. The lowest BCUT2D eigenvalue weighted by Gasteiger charge is -2.24. The van der Waals surface area contributed by atoms with Gasteiger partial charge in [0.05, 0.1) is 18.5 Å². The number of hydrogen-bond donors (Lipinski definition) is 1. The zero-order valence-electron chi connectivity index (χ0n) is 21.4. The molecule has 0 radical (unpaired) electrons. The molecule has 1 aliphatic heterocycles. The lowest BCUT2D eigenvalue weighted by molar-refractivity contribution is 0.0528. The van der Waals surface area contributed by atoms with E-state index in [0.717, 1.165) is 40.9 Å². The Balaban J connectivity index is 1.54. The third-order valence-corrected chi connectivity index (χ3v) is 6.89. The molecule has 0 saturated carbocycles. The first-order valence-electron chi connectivity index (χ1n) is 12.8. The van der Waals surface area contributed by atoms with E-state index in [0.29, 0.717) is 29.9 Å². The highest BCUT2D eigenvalue weighted by Crippen LogP contribution is 2.33. The number of anilines is 1. The van der Waals surface area contributed by atoms with Crippen LogP contribution in [0.2, 0.25) is 0 Å². The van der Waals surface area contributed by atoms with Crippen molar-refractivity contribution >= 4 is 28.5 Å². The van der Waals surface area contributed by atoms with E-state index in [9.17, 15) is 9.90 Å². The number of carbonyl (C=O) groups is 1. The first kappa shape index (κ1) is 23.9. The van der Waals surface area contributed by atoms with Gasteiger partial charge in [-0.05, 0) is 37.5 Å². The molecule has 0 bridgehead atoms. The Morgan fingerprint density at radius 1 is 1.18 bits per heavy atom. The average Bonchev–Trinajstić information content (AvgIpc) is 3.65. The van der Waals surface area contributed by atoms with Crippen molar-refractivity contribution in [1.29, 1.82) is 0 Å². The van der Waals surface area contributed by atoms with Crippen molar-refractivity contribution in [3.63, 3.8) is 0 Å². The summed E-state index contributed by atoms with van der Waals surface area (Å²) in [4.78, 5) is 24.4. The smallest absolute Gasteiger partial charge is 0.343 e. The fraction of sp³-hybridized carbons (Fsp3) is 0.286. The number of aliphatic hydroxyl groups excluding tert-OH is 1. The molecule has 10 nitrogen and oxygen atoms in total. The molecule has 1 saturated heterocycles. The van der Waals surface area contributed by atoms with Gasteiger partial charge in [-0.1, -0.05) is 30.3 Å². The van der Waals surface area contributed by atoms with Gasteiger partial charge in [0.15, 0.2) is 11.3 Å². The summed E-state index contributed by atoms with van der Waals surface area (Å²) >= 11 is 0. The van der Waals surface area contributed by atoms with Crippen LogP contribution in [0, 0.1) is 0 Å². The quantitative estimate of drug-likeness (QED) is 0.331. The van der Waals surface area contributed by atoms with Crippen LogP contribution in [0.5, 0.6) is 0 Å². The lowest BCUT2D eigenvalue weighted by atomic mass is 10.1. The van der Waals surface area contributed by atoms with Crippen LogP contribution in [-0.4, -0.2) is 61.8 Å². The van der Waals surface area contributed by atoms with E-state index in [1.807, 2.05) is 59.3 Å². The first-order valence-corrected chi connectivity index (χ1v) is 12.8. The summed E-state index contributed by atoms with van der Waals surface area (Å²) in [5, 5.41) is 17.9. The standard InChI is InChI=1S/C28H29N7O3/c1-3-38-28(37)21-16-30-35-24(32(2)17-19-9-5-4-6-10-19)15-23(31-27(21)35)22-18-34(33-14-8-12-25(33)36)26-20(22)11-7-13-29-26/h4-7,9-11,13,15-16,18,25,36H,3,8,12,14,17H2,1-2H3/t25-/m1/s1. The molecular weight excluding hydrogens is 482 g/mol. The van der Waals surface area contributed by atoms with Crippen LogP contribution in [0.15, 0.2) is 67.1 Å². The molecule has 0 unspecified atom stereocenters. The van der Waals surface area contributed by atoms with Gasteiger partial charge in [-0.25, -0.2) is 19.4 Å². The normalized spacial score (nSPS) is 15.4. The van der Waals surface area contributed by atoms with E-state index in [4.69, 9.17) is 9.72 Å². The van der Waals surface area contributed by atoms with Crippen LogP contribution in [-0.2, 0) is 11.3 Å². The zero-order chi connectivity index (χ0) is 26.2. The summed E-state index contributed by atoms with van der Waals surface area (Å²) in [7, 11) is 1.99. The molecule has 0 aliphatic carbocycles. The highest BCUT2D eigenvalue weighted by molar-refractivity contribution is 5.98. The fourth-order valence-electron chi connectivity index (χ4n) is 5.08. The fourth-order valence-corrected chi connectivity index (χ4v) is 5.08. The van der Waals surface area contributed by atoms with Gasteiger partial charge in [-0.2, -0.15) is 9.61 Å². The van der Waals surface area contributed by atoms with Crippen LogP contribution in [0.1, 0.15) is 35.7 Å². The molecule has 1 aromatic carbocycles. The third-order valence-electron chi connectivity index (χ3n) is 6.89. The van der Waals surface area contributed by atoms with Gasteiger partial charge in [0.25, 0.3) is 0 Å². The minimum Gasteiger partial charge on any atom is -0.462 e. The molecule has 1 N–H and O–H groups in total. The lowest BCUT2D eigenvalue weighted by Crippen LogP contribution is -2.38. The van der Waals surface area contributed by atoms with Gasteiger partial charge in [0.2, 0.25) is 0 Å². The molecule has 1 atom stereocenters. The third kappa shape index (κ3) is 4.12. The number of carbonyl (C=O) groups excluding carboxylic acids is 1. The van der Waals surface area contributed by atoms with Gasteiger partial charge in [0, 0.05) is 49.5 Å². The predicted molar refractivity (Wildman–Crippen MR) is 145 cm³/mol. The summed E-state index contributed by atoms with van der Waals surface area (Å²) < 4.78 is 8.90. The largest absolute Gasteiger partial charge is 0.462 e. The summed E-state index contributed by atoms with van der Waals surface area (Å²) in [5.74, 6) is 0.309. The van der Waals surface area contributed by atoms with Gasteiger partial charge in [0.1, 0.15) is 17.6 Å². The van der Waals surface area contributed by atoms with Crippen LogP contribution < -0.4 is 9.91 Å². The number of benzene rings is 1. The number of aliphatic hydroxyl groups is 1. The van der Waals surface area contributed by atoms with Crippen molar-refractivity contribution in [3.05, 3.63) is 78.2 Å². The number of aromatic nitrogens is 5. The molecule has 5 heterocycles. The second-order valence-electron chi connectivity index (χ2n) is 9.40. The van der Waals surface area contributed by atoms with Crippen molar-refractivity contribution in [2.24, 2.45) is 0 Å². The van der Waals surface area contributed by atoms with Gasteiger partial charge >= 0.3 is 5.97 Å². The highest BCUT2D eigenvalue weighted by atomic mass is 16.5. The number of ether oxygens (including phenoxy) is 1. The van der Waals surface area contributed by atoms with E-state index in [-0.39, 0.29) is 6.61 Å². The second kappa shape index (κ2) is 9.79. The molecule has 194 valence electrons. The summed E-state index contributed by atoms with van der Waals surface area (Å²) in [6.45, 7) is 3.40. The number of hydrogen-bond acceptors (Lipinski definition) is 8. The Morgan fingerprint density at radius 2 is 2.03 bits per heavy atom. The van der Waals surface area contributed by atoms with Crippen LogP contribution in [0.3, 0.4) is 0 Å². The van der Waals surface area contributed by atoms with Crippen molar-refractivity contribution in [2.45, 2.75) is 32.5 Å². The van der Waals surface area contributed by atoms with Crippen LogP contribution in [0.25, 0.3) is 27.9 Å². The average molecular weight is 512 g/mol. The molecule has 0 amide bonds. The number of nitrogens with zero attached hydrogens (tertiary/aromatic N) is 7. The molecule has 38 heavy (non-hydrogen) atoms. The minimum atomic E-state index is -0.575. The Kier molecular flexibility index (Phi) is 6.16. The molecule has 1 fully saturated rings. The second-order valence-corrected chi connectivity index (χ2v) is 9.40. The summed E-state index contributed by atoms with van der Waals surface area (Å²) in [5.41, 5.74) is 4.12. The Labute approximate surface area is 219 Å². The van der Waals surface area contributed by atoms with Crippen molar-refractivity contribution in [1.82, 2.24) is 24.3 Å². The Hall–Kier alpha value is -4.44. The number of esters is 1. The topological polar surface area (TPSA) is 101 Å². The highest BCUT2D eigenvalue weighted by Gasteiger charge is 2.27. The molecular formula is C28H29N7O3. The molecule has 0 spiro atoms. The van der Waals surface area contributed by atoms with E-state index in [1.165, 1.54) is 6.20 Å². The summed E-state index contributed by atoms with van der Waals surface area (Å²) in [6.07, 6.45) is 6.26. The van der Waals surface area contributed by atoms with Crippen molar-refractivity contribution < 1.29 is 14.6 Å². The SMILES string of the molecule is CCOC(=O)c1cnn2c(N(C)Cc3ccccc3)cc(-c3cn(N4CCC[C@H]4O)c4ncccc34)nc12. The zero-order valence-corrected chi connectivity index (χ0v) is 21.4. The van der Waals surface area contributed by atoms with E-state index in [2.05, 4.69) is 27.1 Å². The maximum absolute atomic E-state index is 12.8. The molecule has 4 aromatic heterocycles. The van der Waals surface area contributed by atoms with Crippen molar-refractivity contribution in [2.75, 3.05) is 30.1 Å². The maximum Gasteiger partial charge on any atom is 0.343 e. The maximum atomic E-state index is 12.8. The van der Waals surface area contributed by atoms with Gasteiger partial charge in [-0.3, -0.25) is 5.01 Å². The van der Waals surface area contributed by atoms with E-state index >= 15 is 0 Å². The van der Waals surface area contributed by atoms with E-state index < -0.39 is 12.2 Å². The van der Waals surface area contributed by atoms with Crippen LogP contribution in [0.4, 0.5) is 5.82 Å². The minimum absolute atomic E-state index is 0.258. The van der Waals surface area contributed by atoms with E-state index in [1.54, 1.807) is 17.6 Å². The Morgan fingerprint density at radius 3 is 2.79 bits per heavy atom. The molecule has 5 aromatic rings. The first-order chi connectivity index (χ1) is 18.5. The van der Waals surface area contributed by atoms with Crippen molar-refractivity contribution in [3.8, 4) is 11.3 Å². The predicted octanol–water partition coefficient (Wildman–Crippen LogP) is 3.61. The Bertz CT molecular complexity index is 1610. The van der Waals surface area contributed by atoms with Crippen LogP contribution >= 0.6 is 0 Å². The number of pyridine rings is 1. The number of fused-ring (bicyclic) bond motifs is 2. The monoisotopic (exact) mass is 511 g/mol. The molecule has 10 heteroatoms. The molecule has 1 aliphatic rings.